The fraction of sp³-hybridized carbons (Fsp3) is 0.647. The fourth-order valence-electron chi connectivity index (χ4n) is 2.95. The summed E-state index contributed by atoms with van der Waals surface area (Å²) in [4.78, 5) is 0. The third-order valence-corrected chi connectivity index (χ3v) is 5.76. The Morgan fingerprint density at radius 2 is 1.84 bits per heavy atom. The first-order chi connectivity index (χ1) is 9.31. The molecular weight excluding hydrogens is 250 g/mol. The third kappa shape index (κ3) is 4.54. The van der Waals surface area contributed by atoms with E-state index >= 15 is 0 Å². The second-order valence-corrected chi connectivity index (χ2v) is 6.89. The van der Waals surface area contributed by atoms with Crippen molar-refractivity contribution in [3.05, 3.63) is 35.4 Å². The molecule has 1 N–H and O–H groups in total. The molecule has 1 aliphatic rings. The molecule has 1 aliphatic carbocycles. The van der Waals surface area contributed by atoms with Crippen LogP contribution in [0.4, 0.5) is 0 Å². The largest absolute Gasteiger partial charge is 0.316 e. The van der Waals surface area contributed by atoms with Crippen molar-refractivity contribution in [2.24, 2.45) is 0 Å². The first-order valence-electron chi connectivity index (χ1n) is 7.64. The van der Waals surface area contributed by atoms with Gasteiger partial charge in [0.05, 0.1) is 0 Å². The van der Waals surface area contributed by atoms with Gasteiger partial charge in [-0.1, -0.05) is 49.9 Å². The summed E-state index contributed by atoms with van der Waals surface area (Å²) in [5.41, 5.74) is 2.94. The number of benzene rings is 1. The number of nitrogens with one attached hydrogen (secondary N) is 1. The zero-order chi connectivity index (χ0) is 13.5. The summed E-state index contributed by atoms with van der Waals surface area (Å²) in [6.07, 6.45) is 8.38. The van der Waals surface area contributed by atoms with Crippen molar-refractivity contribution in [2.75, 3.05) is 7.05 Å². The lowest BCUT2D eigenvalue weighted by Gasteiger charge is -2.29. The highest BCUT2D eigenvalue weighted by molar-refractivity contribution is 7.99. The SMILES string of the molecule is CNC1CCCCCCC1SCc1ccccc1C. The second-order valence-electron chi connectivity index (χ2n) is 5.66. The summed E-state index contributed by atoms with van der Waals surface area (Å²) in [5.74, 6) is 1.16. The number of aryl methyl sites for hydroxylation is 1. The van der Waals surface area contributed by atoms with E-state index in [2.05, 4.69) is 55.3 Å². The minimum atomic E-state index is 0.703. The first-order valence-corrected chi connectivity index (χ1v) is 8.69. The Balaban J connectivity index is 1.93. The molecule has 2 rings (SSSR count). The van der Waals surface area contributed by atoms with E-state index in [9.17, 15) is 0 Å². The van der Waals surface area contributed by atoms with E-state index in [0.717, 1.165) is 11.0 Å². The van der Waals surface area contributed by atoms with E-state index in [1.54, 1.807) is 0 Å². The van der Waals surface area contributed by atoms with E-state index in [0.29, 0.717) is 6.04 Å². The van der Waals surface area contributed by atoms with Crippen LogP contribution in [0, 0.1) is 6.92 Å². The van der Waals surface area contributed by atoms with E-state index in [1.165, 1.54) is 49.7 Å². The van der Waals surface area contributed by atoms with E-state index in [4.69, 9.17) is 0 Å². The summed E-state index contributed by atoms with van der Waals surface area (Å²) in [5, 5.41) is 4.33. The molecule has 2 unspecified atom stereocenters. The van der Waals surface area contributed by atoms with Crippen molar-refractivity contribution < 1.29 is 0 Å². The van der Waals surface area contributed by atoms with Crippen LogP contribution in [-0.2, 0) is 5.75 Å². The lowest BCUT2D eigenvalue weighted by atomic mass is 9.96. The van der Waals surface area contributed by atoms with Gasteiger partial charge in [0, 0.05) is 17.0 Å². The van der Waals surface area contributed by atoms with Gasteiger partial charge in [0.1, 0.15) is 0 Å². The number of rotatable bonds is 4. The van der Waals surface area contributed by atoms with E-state index in [1.807, 2.05) is 0 Å². The lowest BCUT2D eigenvalue weighted by molar-refractivity contribution is 0.420. The monoisotopic (exact) mass is 277 g/mol. The van der Waals surface area contributed by atoms with Crippen LogP contribution in [0.5, 0.6) is 0 Å². The Morgan fingerprint density at radius 1 is 1.11 bits per heavy atom. The van der Waals surface area contributed by atoms with Crippen molar-refractivity contribution in [2.45, 2.75) is 62.5 Å². The van der Waals surface area contributed by atoms with Crippen molar-refractivity contribution >= 4 is 11.8 Å². The molecule has 2 atom stereocenters. The lowest BCUT2D eigenvalue weighted by Crippen LogP contribution is -2.36. The molecule has 1 nitrogen and oxygen atoms in total. The highest BCUT2D eigenvalue weighted by Gasteiger charge is 2.21. The van der Waals surface area contributed by atoms with Gasteiger partial charge in [0.25, 0.3) is 0 Å². The van der Waals surface area contributed by atoms with Crippen molar-refractivity contribution in [1.29, 1.82) is 0 Å². The van der Waals surface area contributed by atoms with Crippen molar-refractivity contribution in [1.82, 2.24) is 5.32 Å². The molecule has 1 aromatic rings. The molecule has 0 spiro atoms. The minimum Gasteiger partial charge on any atom is -0.316 e. The molecule has 0 aromatic heterocycles. The first kappa shape index (κ1) is 14.9. The van der Waals surface area contributed by atoms with Crippen LogP contribution in [0.25, 0.3) is 0 Å². The Bertz CT molecular complexity index is 377. The predicted molar refractivity (Wildman–Crippen MR) is 86.8 cm³/mol. The molecule has 1 fully saturated rings. The van der Waals surface area contributed by atoms with Crippen LogP contribution < -0.4 is 5.32 Å². The zero-order valence-corrected chi connectivity index (χ0v) is 13.1. The highest BCUT2D eigenvalue weighted by atomic mass is 32.2. The number of thioether (sulfide) groups is 1. The van der Waals surface area contributed by atoms with Gasteiger partial charge in [-0.3, -0.25) is 0 Å². The highest BCUT2D eigenvalue weighted by Crippen LogP contribution is 2.30. The van der Waals surface area contributed by atoms with Gasteiger partial charge in [-0.15, -0.1) is 0 Å². The topological polar surface area (TPSA) is 12.0 Å². The average molecular weight is 277 g/mol. The smallest absolute Gasteiger partial charge is 0.0204 e. The second kappa shape index (κ2) is 7.96. The maximum absolute atomic E-state index is 3.55. The third-order valence-electron chi connectivity index (χ3n) is 4.29. The number of hydrogen-bond donors (Lipinski definition) is 1. The molecule has 19 heavy (non-hydrogen) atoms. The minimum absolute atomic E-state index is 0.703. The van der Waals surface area contributed by atoms with Gasteiger partial charge < -0.3 is 5.32 Å². The van der Waals surface area contributed by atoms with Crippen LogP contribution in [0.2, 0.25) is 0 Å². The normalized spacial score (nSPS) is 24.7. The van der Waals surface area contributed by atoms with Gasteiger partial charge in [0.2, 0.25) is 0 Å². The molecule has 0 heterocycles. The Kier molecular flexibility index (Phi) is 6.25. The summed E-state index contributed by atoms with van der Waals surface area (Å²) in [6, 6.07) is 9.50. The number of hydrogen-bond acceptors (Lipinski definition) is 2. The van der Waals surface area contributed by atoms with Crippen LogP contribution in [0.15, 0.2) is 24.3 Å². The van der Waals surface area contributed by atoms with Crippen LogP contribution in [0.1, 0.15) is 49.7 Å². The summed E-state index contributed by atoms with van der Waals surface area (Å²) >= 11 is 2.16. The zero-order valence-electron chi connectivity index (χ0n) is 12.3. The molecule has 0 radical (unpaired) electrons. The Hall–Kier alpha value is -0.470. The van der Waals surface area contributed by atoms with Crippen molar-refractivity contribution in [3.63, 3.8) is 0 Å². The van der Waals surface area contributed by atoms with Crippen LogP contribution in [0.3, 0.4) is 0 Å². The average Bonchev–Trinajstić information content (AvgIpc) is 2.40. The van der Waals surface area contributed by atoms with Gasteiger partial charge in [-0.05, 0) is 37.9 Å². The maximum Gasteiger partial charge on any atom is 0.0204 e. The fourth-order valence-corrected chi connectivity index (χ4v) is 4.50. The standard InChI is InChI=1S/C17H27NS/c1-14-9-7-8-10-15(14)13-19-17-12-6-4-3-5-11-16(17)18-2/h7-10,16-18H,3-6,11-13H2,1-2H3. The predicted octanol–water partition coefficient (Wildman–Crippen LogP) is 4.54. The molecule has 0 aliphatic heterocycles. The molecule has 106 valence electrons. The van der Waals surface area contributed by atoms with Crippen LogP contribution >= 0.6 is 11.8 Å². The summed E-state index contributed by atoms with van der Waals surface area (Å²) < 4.78 is 0. The molecule has 1 saturated carbocycles. The van der Waals surface area contributed by atoms with E-state index in [-0.39, 0.29) is 0 Å². The van der Waals surface area contributed by atoms with Gasteiger partial charge in [-0.25, -0.2) is 0 Å². The molecule has 2 heteroatoms. The molecule has 0 saturated heterocycles. The molecule has 0 amide bonds. The van der Waals surface area contributed by atoms with Crippen LogP contribution in [-0.4, -0.2) is 18.3 Å². The van der Waals surface area contributed by atoms with Gasteiger partial charge >= 0.3 is 0 Å². The summed E-state index contributed by atoms with van der Waals surface area (Å²) in [6.45, 7) is 2.23. The molecular formula is C17H27NS. The van der Waals surface area contributed by atoms with Gasteiger partial charge in [-0.2, -0.15) is 11.8 Å². The maximum atomic E-state index is 3.55. The van der Waals surface area contributed by atoms with Crippen molar-refractivity contribution in [3.8, 4) is 0 Å². The molecule has 0 bridgehead atoms. The Labute approximate surface area is 122 Å². The van der Waals surface area contributed by atoms with E-state index < -0.39 is 0 Å². The molecule has 1 aromatic carbocycles. The quantitative estimate of drug-likeness (QED) is 0.867. The summed E-state index contributed by atoms with van der Waals surface area (Å²) in [7, 11) is 2.13. The Morgan fingerprint density at radius 3 is 2.58 bits per heavy atom. The van der Waals surface area contributed by atoms with Gasteiger partial charge in [0.15, 0.2) is 0 Å².